The lowest BCUT2D eigenvalue weighted by atomic mass is 10.0. The lowest BCUT2D eigenvalue weighted by Gasteiger charge is -2.34. The number of amides is 2. The number of aryl methyl sites for hydroxylation is 2. The van der Waals surface area contributed by atoms with Crippen molar-refractivity contribution in [3.05, 3.63) is 128 Å². The minimum Gasteiger partial charge on any atom is -0.352 e. The Labute approximate surface area is 286 Å². The first-order valence-electron chi connectivity index (χ1n) is 14.7. The van der Waals surface area contributed by atoms with Crippen LogP contribution in [0, 0.1) is 13.8 Å². The molecule has 11 heteroatoms. The molecule has 0 saturated heterocycles. The summed E-state index contributed by atoms with van der Waals surface area (Å²) in [7, 11) is -4.24. The van der Waals surface area contributed by atoms with E-state index in [0.29, 0.717) is 26.9 Å². The van der Waals surface area contributed by atoms with Gasteiger partial charge in [-0.2, -0.15) is 0 Å². The summed E-state index contributed by atoms with van der Waals surface area (Å²) in [6.45, 7) is 6.64. The van der Waals surface area contributed by atoms with Gasteiger partial charge in [0.1, 0.15) is 12.6 Å². The van der Waals surface area contributed by atoms with E-state index in [4.69, 9.17) is 34.8 Å². The molecule has 242 valence electrons. The number of carbonyl (C=O) groups excluding carboxylic acids is 2. The number of benzene rings is 4. The second-order valence-corrected chi connectivity index (χ2v) is 14.5. The number of anilines is 1. The highest BCUT2D eigenvalue weighted by Gasteiger charge is 2.35. The Bertz CT molecular complexity index is 1800. The van der Waals surface area contributed by atoms with Crippen LogP contribution < -0.4 is 9.62 Å². The second-order valence-electron chi connectivity index (χ2n) is 11.4. The third kappa shape index (κ3) is 8.82. The molecule has 4 aromatic rings. The molecule has 0 aliphatic heterocycles. The summed E-state index contributed by atoms with van der Waals surface area (Å²) in [4.78, 5) is 29.8. The first-order chi connectivity index (χ1) is 21.8. The van der Waals surface area contributed by atoms with E-state index in [-0.39, 0.29) is 34.8 Å². The van der Waals surface area contributed by atoms with Crippen molar-refractivity contribution in [1.82, 2.24) is 10.2 Å². The molecule has 1 atom stereocenters. The minimum absolute atomic E-state index is 0.0228. The fourth-order valence-corrected chi connectivity index (χ4v) is 7.04. The Balaban J connectivity index is 1.84. The van der Waals surface area contributed by atoms with Gasteiger partial charge in [-0.3, -0.25) is 13.9 Å². The van der Waals surface area contributed by atoms with Crippen LogP contribution in [0.15, 0.2) is 95.9 Å². The smallest absolute Gasteiger partial charge is 0.264 e. The van der Waals surface area contributed by atoms with Crippen LogP contribution in [0.4, 0.5) is 5.69 Å². The van der Waals surface area contributed by atoms with Gasteiger partial charge < -0.3 is 10.2 Å². The fraction of sp³-hybridized carbons (Fsp3) is 0.257. The van der Waals surface area contributed by atoms with Gasteiger partial charge in [-0.15, -0.1) is 0 Å². The van der Waals surface area contributed by atoms with E-state index in [0.717, 1.165) is 15.4 Å². The van der Waals surface area contributed by atoms with E-state index in [1.807, 2.05) is 51.1 Å². The number of hydrogen-bond acceptors (Lipinski definition) is 4. The topological polar surface area (TPSA) is 86.8 Å². The highest BCUT2D eigenvalue weighted by molar-refractivity contribution is 7.92. The van der Waals surface area contributed by atoms with Gasteiger partial charge in [0, 0.05) is 24.0 Å². The number of nitrogens with one attached hydrogen (secondary N) is 1. The summed E-state index contributed by atoms with van der Waals surface area (Å²) in [5, 5.41) is 4.00. The maximum atomic E-state index is 14.6. The third-order valence-electron chi connectivity index (χ3n) is 7.35. The van der Waals surface area contributed by atoms with E-state index in [9.17, 15) is 18.0 Å². The zero-order valence-corrected chi connectivity index (χ0v) is 29.1. The maximum Gasteiger partial charge on any atom is 0.264 e. The number of sulfonamides is 1. The van der Waals surface area contributed by atoms with Crippen LogP contribution >= 0.6 is 34.8 Å². The molecule has 4 rings (SSSR count). The molecular weight excluding hydrogens is 665 g/mol. The molecular formula is C35H36Cl3N3O4S. The van der Waals surface area contributed by atoms with Crippen LogP contribution in [0.3, 0.4) is 0 Å². The molecule has 2 amide bonds. The van der Waals surface area contributed by atoms with Gasteiger partial charge >= 0.3 is 0 Å². The summed E-state index contributed by atoms with van der Waals surface area (Å²) >= 11 is 18.7. The molecule has 0 heterocycles. The van der Waals surface area contributed by atoms with Crippen molar-refractivity contribution in [2.75, 3.05) is 10.8 Å². The standard InChI is InChI=1S/C35H36Cl3N3O4S/c1-23(2)39-35(43)33(20-26-8-6-5-7-9-26)40(21-27-12-16-30(37)31(38)19-27)34(42)22-41(32-17-13-28(36)18-25(32)4)46(44,45)29-14-10-24(3)11-15-29/h5-19,23,33H,20-22H2,1-4H3,(H,39,43). The zero-order valence-electron chi connectivity index (χ0n) is 26.0. The summed E-state index contributed by atoms with van der Waals surface area (Å²) in [6, 6.07) is 24.3. The number of hydrogen-bond donors (Lipinski definition) is 1. The van der Waals surface area contributed by atoms with Crippen molar-refractivity contribution in [3.8, 4) is 0 Å². The van der Waals surface area contributed by atoms with E-state index in [2.05, 4.69) is 5.32 Å². The summed E-state index contributed by atoms with van der Waals surface area (Å²) in [5.41, 5.74) is 3.19. The zero-order chi connectivity index (χ0) is 33.6. The molecule has 0 fully saturated rings. The van der Waals surface area contributed by atoms with Gasteiger partial charge in [-0.1, -0.05) is 88.9 Å². The van der Waals surface area contributed by atoms with Crippen molar-refractivity contribution in [2.45, 2.75) is 57.6 Å². The minimum atomic E-state index is -4.24. The van der Waals surface area contributed by atoms with E-state index < -0.39 is 28.5 Å². The quantitative estimate of drug-likeness (QED) is 0.165. The summed E-state index contributed by atoms with van der Waals surface area (Å²) < 4.78 is 29.5. The van der Waals surface area contributed by atoms with E-state index in [1.54, 1.807) is 55.5 Å². The van der Waals surface area contributed by atoms with Gasteiger partial charge in [0.25, 0.3) is 10.0 Å². The lowest BCUT2D eigenvalue weighted by Crippen LogP contribution is -2.54. The molecule has 46 heavy (non-hydrogen) atoms. The van der Waals surface area contributed by atoms with E-state index in [1.165, 1.54) is 17.0 Å². The van der Waals surface area contributed by atoms with Gasteiger partial charge in [-0.05, 0) is 86.8 Å². The number of carbonyl (C=O) groups is 2. The second kappa shape index (κ2) is 15.4. The molecule has 0 radical (unpaired) electrons. The Kier molecular flexibility index (Phi) is 11.8. The molecule has 0 aromatic heterocycles. The van der Waals surface area contributed by atoms with Gasteiger partial charge in [0.2, 0.25) is 11.8 Å². The molecule has 0 aliphatic carbocycles. The van der Waals surface area contributed by atoms with Crippen LogP contribution in [-0.4, -0.2) is 43.8 Å². The Hall–Kier alpha value is -3.56. The molecule has 1 N–H and O–H groups in total. The molecule has 7 nitrogen and oxygen atoms in total. The highest BCUT2D eigenvalue weighted by Crippen LogP contribution is 2.30. The van der Waals surface area contributed by atoms with Crippen molar-refractivity contribution >= 4 is 62.3 Å². The van der Waals surface area contributed by atoms with Crippen LogP contribution in [0.25, 0.3) is 0 Å². The van der Waals surface area contributed by atoms with Crippen molar-refractivity contribution < 1.29 is 18.0 Å². The molecule has 0 spiro atoms. The maximum absolute atomic E-state index is 14.6. The molecule has 0 aliphatic rings. The highest BCUT2D eigenvalue weighted by atomic mass is 35.5. The molecule has 0 saturated carbocycles. The number of rotatable bonds is 12. The Morgan fingerprint density at radius 1 is 0.804 bits per heavy atom. The Morgan fingerprint density at radius 2 is 1.48 bits per heavy atom. The van der Waals surface area contributed by atoms with Crippen LogP contribution in [0.2, 0.25) is 15.1 Å². The normalized spacial score (nSPS) is 12.1. The monoisotopic (exact) mass is 699 g/mol. The van der Waals surface area contributed by atoms with Gasteiger partial charge in [0.15, 0.2) is 0 Å². The number of nitrogens with zero attached hydrogens (tertiary/aromatic N) is 2. The van der Waals surface area contributed by atoms with Gasteiger partial charge in [0.05, 0.1) is 20.6 Å². The van der Waals surface area contributed by atoms with Crippen molar-refractivity contribution in [1.29, 1.82) is 0 Å². The average Bonchev–Trinajstić information content (AvgIpc) is 3.00. The van der Waals surface area contributed by atoms with Crippen LogP contribution in [0.5, 0.6) is 0 Å². The van der Waals surface area contributed by atoms with Crippen molar-refractivity contribution in [3.63, 3.8) is 0 Å². The largest absolute Gasteiger partial charge is 0.352 e. The number of halogens is 3. The third-order valence-corrected chi connectivity index (χ3v) is 10.1. The fourth-order valence-electron chi connectivity index (χ4n) is 5.02. The van der Waals surface area contributed by atoms with Crippen LogP contribution in [0.1, 0.15) is 36.1 Å². The predicted octanol–water partition coefficient (Wildman–Crippen LogP) is 7.62. The van der Waals surface area contributed by atoms with Crippen LogP contribution in [-0.2, 0) is 32.6 Å². The summed E-state index contributed by atoms with van der Waals surface area (Å²) in [6.07, 6.45) is 0.192. The molecule has 1 unspecified atom stereocenters. The molecule has 0 bridgehead atoms. The predicted molar refractivity (Wildman–Crippen MR) is 186 cm³/mol. The van der Waals surface area contributed by atoms with Crippen molar-refractivity contribution in [2.24, 2.45) is 0 Å². The van der Waals surface area contributed by atoms with E-state index >= 15 is 0 Å². The first-order valence-corrected chi connectivity index (χ1v) is 17.3. The summed E-state index contributed by atoms with van der Waals surface area (Å²) in [5.74, 6) is -0.959. The first kappa shape index (κ1) is 35.3. The molecule has 4 aromatic carbocycles. The van der Waals surface area contributed by atoms with Gasteiger partial charge in [-0.25, -0.2) is 8.42 Å². The average molecular weight is 701 g/mol. The lowest BCUT2D eigenvalue weighted by molar-refractivity contribution is -0.140. The Morgan fingerprint density at radius 3 is 2.09 bits per heavy atom. The SMILES string of the molecule is Cc1ccc(S(=O)(=O)N(CC(=O)N(Cc2ccc(Cl)c(Cl)c2)C(Cc2ccccc2)C(=O)NC(C)C)c2ccc(Cl)cc2C)cc1.